The number of benzene rings is 1. The van der Waals surface area contributed by atoms with Crippen LogP contribution in [0.15, 0.2) is 42.7 Å². The molecule has 1 atom stereocenters. The van der Waals surface area contributed by atoms with Crippen molar-refractivity contribution in [1.82, 2.24) is 9.97 Å². The first kappa shape index (κ1) is 13.9. The summed E-state index contributed by atoms with van der Waals surface area (Å²) in [6.07, 6.45) is 5.50. The van der Waals surface area contributed by atoms with E-state index in [9.17, 15) is 0 Å². The summed E-state index contributed by atoms with van der Waals surface area (Å²) in [6.45, 7) is 4.35. The van der Waals surface area contributed by atoms with Crippen molar-refractivity contribution < 1.29 is 0 Å². The van der Waals surface area contributed by atoms with E-state index < -0.39 is 0 Å². The average molecular weight is 282 g/mol. The molecule has 4 nitrogen and oxygen atoms in total. The molecule has 0 spiro atoms. The number of hydrogen-bond acceptors (Lipinski definition) is 4. The lowest BCUT2D eigenvalue weighted by molar-refractivity contribution is 0.573. The van der Waals surface area contributed by atoms with Crippen molar-refractivity contribution in [3.8, 4) is 0 Å². The summed E-state index contributed by atoms with van der Waals surface area (Å²) in [6, 6.07) is 12.7. The zero-order valence-electron chi connectivity index (χ0n) is 12.5. The monoisotopic (exact) mass is 282 g/mol. The second-order valence-electron chi connectivity index (χ2n) is 5.59. The van der Waals surface area contributed by atoms with E-state index in [1.165, 1.54) is 24.8 Å². The molecule has 110 valence electrons. The molecule has 1 unspecified atom stereocenters. The smallest absolute Gasteiger partial charge is 0.134 e. The molecule has 1 aromatic carbocycles. The number of anilines is 2. The third kappa shape index (κ3) is 3.51. The molecule has 1 aromatic heterocycles. The first-order valence-corrected chi connectivity index (χ1v) is 7.71. The van der Waals surface area contributed by atoms with Crippen LogP contribution >= 0.6 is 0 Å². The molecule has 1 saturated heterocycles. The highest BCUT2D eigenvalue weighted by Crippen LogP contribution is 2.22. The van der Waals surface area contributed by atoms with Crippen LogP contribution in [-0.2, 0) is 0 Å². The Labute approximate surface area is 126 Å². The van der Waals surface area contributed by atoms with Gasteiger partial charge in [0.1, 0.15) is 18.0 Å². The molecule has 21 heavy (non-hydrogen) atoms. The molecular weight excluding hydrogens is 260 g/mol. The molecule has 0 aliphatic carbocycles. The molecule has 0 bridgehead atoms. The molecule has 1 aliphatic rings. The maximum atomic E-state index is 4.42. The van der Waals surface area contributed by atoms with E-state index in [1.807, 2.05) is 6.07 Å². The predicted octanol–water partition coefficient (Wildman–Crippen LogP) is 3.64. The van der Waals surface area contributed by atoms with Crippen LogP contribution in [0.4, 0.5) is 11.6 Å². The van der Waals surface area contributed by atoms with Gasteiger partial charge >= 0.3 is 0 Å². The van der Waals surface area contributed by atoms with Crippen LogP contribution in [0.2, 0.25) is 0 Å². The van der Waals surface area contributed by atoms with Crippen LogP contribution < -0.4 is 10.2 Å². The molecule has 0 amide bonds. The Morgan fingerprint density at radius 3 is 2.57 bits per heavy atom. The number of piperidine rings is 1. The number of nitrogens with one attached hydrogen (secondary N) is 1. The number of nitrogens with zero attached hydrogens (tertiary/aromatic N) is 3. The Balaban J connectivity index is 1.71. The minimum absolute atomic E-state index is 0.232. The molecule has 4 heteroatoms. The van der Waals surface area contributed by atoms with Crippen molar-refractivity contribution in [3.05, 3.63) is 48.3 Å². The molecule has 0 saturated carbocycles. The van der Waals surface area contributed by atoms with E-state index in [0.29, 0.717) is 0 Å². The lowest BCUT2D eigenvalue weighted by atomic mass is 10.1. The van der Waals surface area contributed by atoms with E-state index in [2.05, 4.69) is 57.4 Å². The number of rotatable bonds is 4. The van der Waals surface area contributed by atoms with Gasteiger partial charge in [-0.1, -0.05) is 30.3 Å². The molecule has 1 aliphatic heterocycles. The predicted molar refractivity (Wildman–Crippen MR) is 86.6 cm³/mol. The van der Waals surface area contributed by atoms with E-state index in [-0.39, 0.29) is 6.04 Å². The van der Waals surface area contributed by atoms with Crippen LogP contribution in [0.25, 0.3) is 0 Å². The molecular formula is C17H22N4. The van der Waals surface area contributed by atoms with Gasteiger partial charge in [-0.15, -0.1) is 0 Å². The quantitative estimate of drug-likeness (QED) is 0.929. The highest BCUT2D eigenvalue weighted by atomic mass is 15.2. The Morgan fingerprint density at radius 2 is 1.81 bits per heavy atom. The SMILES string of the molecule is CC(Nc1cc(N2CCCCC2)ncn1)c1ccccc1. The Hall–Kier alpha value is -2.10. The molecule has 2 heterocycles. The highest BCUT2D eigenvalue weighted by Gasteiger charge is 2.13. The van der Waals surface area contributed by atoms with Gasteiger partial charge in [-0.25, -0.2) is 9.97 Å². The van der Waals surface area contributed by atoms with Gasteiger partial charge in [0.15, 0.2) is 0 Å². The van der Waals surface area contributed by atoms with Gasteiger partial charge in [-0.3, -0.25) is 0 Å². The average Bonchev–Trinajstić information content (AvgIpc) is 2.57. The normalized spacial score (nSPS) is 16.5. The fourth-order valence-corrected chi connectivity index (χ4v) is 2.77. The van der Waals surface area contributed by atoms with E-state index in [1.54, 1.807) is 6.33 Å². The van der Waals surface area contributed by atoms with Gasteiger partial charge in [-0.2, -0.15) is 0 Å². The third-order valence-corrected chi connectivity index (χ3v) is 4.00. The summed E-state index contributed by atoms with van der Waals surface area (Å²) in [5.74, 6) is 1.93. The van der Waals surface area contributed by atoms with Crippen LogP contribution in [0.1, 0.15) is 37.8 Å². The summed E-state index contributed by atoms with van der Waals surface area (Å²) in [4.78, 5) is 11.1. The van der Waals surface area contributed by atoms with Crippen molar-refractivity contribution in [2.24, 2.45) is 0 Å². The zero-order chi connectivity index (χ0) is 14.5. The second kappa shape index (κ2) is 6.57. The van der Waals surface area contributed by atoms with Gasteiger partial charge in [0, 0.05) is 25.2 Å². The fourth-order valence-electron chi connectivity index (χ4n) is 2.77. The van der Waals surface area contributed by atoms with Gasteiger partial charge in [0.05, 0.1) is 0 Å². The van der Waals surface area contributed by atoms with Gasteiger partial charge in [-0.05, 0) is 31.7 Å². The summed E-state index contributed by atoms with van der Waals surface area (Å²) in [7, 11) is 0. The Morgan fingerprint density at radius 1 is 1.05 bits per heavy atom. The minimum Gasteiger partial charge on any atom is -0.363 e. The van der Waals surface area contributed by atoms with E-state index in [0.717, 1.165) is 24.7 Å². The summed E-state index contributed by atoms with van der Waals surface area (Å²) in [5, 5.41) is 3.46. The van der Waals surface area contributed by atoms with Crippen molar-refractivity contribution in [2.75, 3.05) is 23.3 Å². The molecule has 1 N–H and O–H groups in total. The van der Waals surface area contributed by atoms with Crippen molar-refractivity contribution in [2.45, 2.75) is 32.2 Å². The lowest BCUT2D eigenvalue weighted by Gasteiger charge is -2.28. The Kier molecular flexibility index (Phi) is 4.34. The molecule has 2 aromatic rings. The topological polar surface area (TPSA) is 41.0 Å². The maximum Gasteiger partial charge on any atom is 0.134 e. The third-order valence-electron chi connectivity index (χ3n) is 4.00. The molecule has 0 radical (unpaired) electrons. The minimum atomic E-state index is 0.232. The molecule has 1 fully saturated rings. The standard InChI is InChI=1S/C17H22N4/c1-14(15-8-4-2-5-9-15)20-16-12-17(19-13-18-16)21-10-6-3-7-11-21/h2,4-5,8-9,12-14H,3,6-7,10-11H2,1H3,(H,18,19,20). The first-order chi connectivity index (χ1) is 10.3. The second-order valence-corrected chi connectivity index (χ2v) is 5.59. The van der Waals surface area contributed by atoms with Crippen LogP contribution in [0, 0.1) is 0 Å². The summed E-state index contributed by atoms with van der Waals surface area (Å²) in [5.41, 5.74) is 1.26. The molecule has 3 rings (SSSR count). The van der Waals surface area contributed by atoms with Gasteiger partial charge in [0.25, 0.3) is 0 Å². The zero-order valence-corrected chi connectivity index (χ0v) is 12.5. The van der Waals surface area contributed by atoms with Crippen LogP contribution in [-0.4, -0.2) is 23.1 Å². The largest absolute Gasteiger partial charge is 0.363 e. The van der Waals surface area contributed by atoms with Crippen LogP contribution in [0.5, 0.6) is 0 Å². The van der Waals surface area contributed by atoms with Crippen molar-refractivity contribution in [3.63, 3.8) is 0 Å². The highest BCUT2D eigenvalue weighted by molar-refractivity contribution is 5.49. The van der Waals surface area contributed by atoms with Gasteiger partial charge < -0.3 is 10.2 Å². The summed E-state index contributed by atoms with van der Waals surface area (Å²) >= 11 is 0. The number of aromatic nitrogens is 2. The van der Waals surface area contributed by atoms with E-state index in [4.69, 9.17) is 0 Å². The first-order valence-electron chi connectivity index (χ1n) is 7.71. The lowest BCUT2D eigenvalue weighted by Crippen LogP contribution is -2.30. The number of hydrogen-bond donors (Lipinski definition) is 1. The Bertz CT molecular complexity index is 564. The van der Waals surface area contributed by atoms with Gasteiger partial charge in [0.2, 0.25) is 0 Å². The van der Waals surface area contributed by atoms with Crippen molar-refractivity contribution >= 4 is 11.6 Å². The van der Waals surface area contributed by atoms with Crippen LogP contribution in [0.3, 0.4) is 0 Å². The summed E-state index contributed by atoms with van der Waals surface area (Å²) < 4.78 is 0. The maximum absolute atomic E-state index is 4.42. The van der Waals surface area contributed by atoms with Crippen molar-refractivity contribution in [1.29, 1.82) is 0 Å². The fraction of sp³-hybridized carbons (Fsp3) is 0.412. The van der Waals surface area contributed by atoms with E-state index >= 15 is 0 Å².